The highest BCUT2D eigenvalue weighted by molar-refractivity contribution is 6.30. The number of halogens is 1. The quantitative estimate of drug-likeness (QED) is 0.586. The third-order valence-corrected chi connectivity index (χ3v) is 6.11. The summed E-state index contributed by atoms with van der Waals surface area (Å²) < 4.78 is 0. The van der Waals surface area contributed by atoms with Gasteiger partial charge in [-0.3, -0.25) is 4.90 Å². The number of H-pyrrole nitrogens is 1. The van der Waals surface area contributed by atoms with Crippen LogP contribution in [0.2, 0.25) is 5.02 Å². The summed E-state index contributed by atoms with van der Waals surface area (Å²) in [4.78, 5) is 10.1. The number of aromatic amines is 1. The molecule has 3 nitrogen and oxygen atoms in total. The zero-order chi connectivity index (χ0) is 19.2. The van der Waals surface area contributed by atoms with E-state index in [1.807, 2.05) is 18.3 Å². The molecule has 28 heavy (non-hydrogen) atoms. The number of nitrogens with zero attached hydrogens (tertiary/aromatic N) is 2. The molecule has 1 aliphatic heterocycles. The lowest BCUT2D eigenvalue weighted by molar-refractivity contribution is 0.183. The van der Waals surface area contributed by atoms with Gasteiger partial charge >= 0.3 is 0 Å². The fourth-order valence-corrected chi connectivity index (χ4v) is 4.54. The molecule has 4 heteroatoms. The summed E-state index contributed by atoms with van der Waals surface area (Å²) >= 11 is 6.16. The van der Waals surface area contributed by atoms with Crippen molar-refractivity contribution in [3.63, 3.8) is 0 Å². The molecule has 1 saturated heterocycles. The van der Waals surface area contributed by atoms with E-state index < -0.39 is 0 Å². The topological polar surface area (TPSA) is 31.9 Å². The van der Waals surface area contributed by atoms with Gasteiger partial charge < -0.3 is 4.98 Å². The molecule has 2 atom stereocenters. The Morgan fingerprint density at radius 3 is 2.50 bits per heavy atom. The molecule has 0 radical (unpaired) electrons. The van der Waals surface area contributed by atoms with Crippen LogP contribution >= 0.6 is 11.6 Å². The molecule has 2 heterocycles. The number of hydrogen-bond donors (Lipinski definition) is 1. The summed E-state index contributed by atoms with van der Waals surface area (Å²) in [7, 11) is 0. The molecule has 4 rings (SSSR count). The molecule has 1 fully saturated rings. The average Bonchev–Trinajstić information content (AvgIpc) is 3.21. The minimum atomic E-state index is 0.282. The van der Waals surface area contributed by atoms with Crippen LogP contribution in [0.15, 0.2) is 67.1 Å². The predicted octanol–water partition coefficient (Wildman–Crippen LogP) is 5.89. The van der Waals surface area contributed by atoms with Gasteiger partial charge in [-0.2, -0.15) is 0 Å². The van der Waals surface area contributed by atoms with E-state index in [0.29, 0.717) is 5.92 Å². The van der Waals surface area contributed by atoms with Crippen molar-refractivity contribution in [3.05, 3.63) is 89.0 Å². The molecule has 2 aromatic carbocycles. The van der Waals surface area contributed by atoms with Crippen molar-refractivity contribution in [3.8, 4) is 0 Å². The maximum atomic E-state index is 6.16. The fourth-order valence-electron chi connectivity index (χ4n) is 4.42. The van der Waals surface area contributed by atoms with Crippen molar-refractivity contribution in [1.29, 1.82) is 0 Å². The number of likely N-dealkylation sites (tertiary alicyclic amines) is 1. The summed E-state index contributed by atoms with van der Waals surface area (Å²) in [6.07, 6.45) is 9.92. The third-order valence-electron chi connectivity index (χ3n) is 5.86. The van der Waals surface area contributed by atoms with Crippen LogP contribution in [-0.4, -0.2) is 28.0 Å². The SMILES string of the molecule is Clc1ccc(C(c2ccccc2)N2CCCCC(Cc3cnc[nH]3)CC2)cc1. The van der Waals surface area contributed by atoms with Gasteiger partial charge in [-0.25, -0.2) is 4.98 Å². The summed E-state index contributed by atoms with van der Waals surface area (Å²) in [5.41, 5.74) is 3.94. The number of hydrogen-bond acceptors (Lipinski definition) is 2. The molecule has 2 unspecified atom stereocenters. The minimum absolute atomic E-state index is 0.282. The predicted molar refractivity (Wildman–Crippen MR) is 116 cm³/mol. The largest absolute Gasteiger partial charge is 0.348 e. The molecule has 1 aliphatic rings. The van der Waals surface area contributed by atoms with Crippen LogP contribution < -0.4 is 0 Å². The zero-order valence-corrected chi connectivity index (χ0v) is 17.0. The van der Waals surface area contributed by atoms with Crippen LogP contribution in [0.1, 0.15) is 48.5 Å². The van der Waals surface area contributed by atoms with Gasteiger partial charge in [0.1, 0.15) is 0 Å². The van der Waals surface area contributed by atoms with Crippen LogP contribution in [0.5, 0.6) is 0 Å². The first-order valence-corrected chi connectivity index (χ1v) is 10.7. The third kappa shape index (κ3) is 4.84. The number of aromatic nitrogens is 2. The van der Waals surface area contributed by atoms with Gasteiger partial charge in [0.25, 0.3) is 0 Å². The molecular formula is C24H28ClN3. The van der Waals surface area contributed by atoms with E-state index in [1.54, 1.807) is 6.33 Å². The molecule has 0 saturated carbocycles. The van der Waals surface area contributed by atoms with Crippen LogP contribution in [0.4, 0.5) is 0 Å². The van der Waals surface area contributed by atoms with E-state index in [4.69, 9.17) is 11.6 Å². The maximum Gasteiger partial charge on any atom is 0.0921 e. The van der Waals surface area contributed by atoms with Gasteiger partial charge in [0.05, 0.1) is 12.4 Å². The number of rotatable bonds is 5. The number of imidazole rings is 1. The van der Waals surface area contributed by atoms with E-state index in [-0.39, 0.29) is 6.04 Å². The molecule has 0 aliphatic carbocycles. The monoisotopic (exact) mass is 393 g/mol. The second kappa shape index (κ2) is 9.40. The van der Waals surface area contributed by atoms with Gasteiger partial charge in [0.2, 0.25) is 0 Å². The normalized spacial score (nSPS) is 19.7. The molecule has 0 amide bonds. The van der Waals surface area contributed by atoms with Crippen molar-refractivity contribution >= 4 is 11.6 Å². The van der Waals surface area contributed by atoms with Gasteiger partial charge in [0.15, 0.2) is 0 Å². The van der Waals surface area contributed by atoms with E-state index in [9.17, 15) is 0 Å². The van der Waals surface area contributed by atoms with Crippen molar-refractivity contribution < 1.29 is 0 Å². The van der Waals surface area contributed by atoms with Crippen LogP contribution in [0.3, 0.4) is 0 Å². The van der Waals surface area contributed by atoms with Crippen molar-refractivity contribution in [2.45, 2.75) is 38.1 Å². The molecule has 146 valence electrons. The molecule has 0 spiro atoms. The second-order valence-electron chi connectivity index (χ2n) is 7.83. The lowest BCUT2D eigenvalue weighted by atomic mass is 9.90. The van der Waals surface area contributed by atoms with Crippen LogP contribution in [0, 0.1) is 5.92 Å². The van der Waals surface area contributed by atoms with Crippen LogP contribution in [0.25, 0.3) is 0 Å². The van der Waals surface area contributed by atoms with E-state index in [0.717, 1.165) is 24.5 Å². The Kier molecular flexibility index (Phi) is 6.45. The maximum absolute atomic E-state index is 6.16. The Morgan fingerprint density at radius 2 is 1.75 bits per heavy atom. The summed E-state index contributed by atoms with van der Waals surface area (Å²) in [5, 5.41) is 0.794. The number of nitrogens with one attached hydrogen (secondary N) is 1. The average molecular weight is 394 g/mol. The molecule has 0 bridgehead atoms. The first-order valence-electron chi connectivity index (χ1n) is 10.3. The second-order valence-corrected chi connectivity index (χ2v) is 8.27. The number of benzene rings is 2. The van der Waals surface area contributed by atoms with Gasteiger partial charge in [-0.05, 0) is 68.0 Å². The van der Waals surface area contributed by atoms with Crippen molar-refractivity contribution in [1.82, 2.24) is 14.9 Å². The Hall–Kier alpha value is -2.10. The molecular weight excluding hydrogens is 366 g/mol. The summed E-state index contributed by atoms with van der Waals surface area (Å²) in [6, 6.07) is 19.5. The Morgan fingerprint density at radius 1 is 0.964 bits per heavy atom. The highest BCUT2D eigenvalue weighted by Gasteiger charge is 2.25. The lowest BCUT2D eigenvalue weighted by Crippen LogP contribution is -2.34. The minimum Gasteiger partial charge on any atom is -0.348 e. The van der Waals surface area contributed by atoms with Gasteiger partial charge in [-0.15, -0.1) is 0 Å². The van der Waals surface area contributed by atoms with E-state index in [2.05, 4.69) is 57.3 Å². The Balaban J connectivity index is 1.55. The highest BCUT2D eigenvalue weighted by atomic mass is 35.5. The van der Waals surface area contributed by atoms with E-state index in [1.165, 1.54) is 42.5 Å². The first kappa shape index (κ1) is 19.2. The standard InChI is InChI=1S/C24H28ClN3/c25-22-11-9-21(10-12-22)24(20-7-2-1-3-8-20)28-14-5-4-6-19(13-15-28)16-23-17-26-18-27-23/h1-3,7-12,17-19,24H,4-6,13-16H2,(H,26,27). The van der Waals surface area contributed by atoms with Gasteiger partial charge in [0, 0.05) is 16.9 Å². The summed E-state index contributed by atoms with van der Waals surface area (Å²) in [6.45, 7) is 2.25. The smallest absolute Gasteiger partial charge is 0.0921 e. The van der Waals surface area contributed by atoms with E-state index >= 15 is 0 Å². The van der Waals surface area contributed by atoms with Crippen LogP contribution in [-0.2, 0) is 6.42 Å². The highest BCUT2D eigenvalue weighted by Crippen LogP contribution is 2.32. The Labute approximate surface area is 172 Å². The fraction of sp³-hybridized carbons (Fsp3) is 0.375. The van der Waals surface area contributed by atoms with Gasteiger partial charge in [-0.1, -0.05) is 60.5 Å². The lowest BCUT2D eigenvalue weighted by Gasteiger charge is -2.35. The first-order chi connectivity index (χ1) is 13.8. The molecule has 1 aromatic heterocycles. The summed E-state index contributed by atoms with van der Waals surface area (Å²) in [5.74, 6) is 0.713. The van der Waals surface area contributed by atoms with Crippen molar-refractivity contribution in [2.24, 2.45) is 5.92 Å². The Bertz CT molecular complexity index is 830. The molecule has 1 N–H and O–H groups in total. The zero-order valence-electron chi connectivity index (χ0n) is 16.2. The molecule has 3 aromatic rings. The van der Waals surface area contributed by atoms with Crippen molar-refractivity contribution in [2.75, 3.05) is 13.1 Å².